The molecule has 0 saturated carbocycles. The molecule has 206 valence electrons. The first-order chi connectivity index (χ1) is 19.6. The molecule has 0 fully saturated rings. The monoisotopic (exact) mass is 554 g/mol. The largest absolute Gasteiger partial charge is 0.481 e. The van der Waals surface area contributed by atoms with E-state index >= 15 is 0 Å². The Balaban J connectivity index is 1.41. The van der Waals surface area contributed by atoms with Crippen molar-refractivity contribution in [2.75, 3.05) is 11.1 Å². The summed E-state index contributed by atoms with van der Waals surface area (Å²) in [6.45, 7) is 1.77. The lowest BCUT2D eigenvalue weighted by Gasteiger charge is -2.23. The third kappa shape index (κ3) is 4.45. The smallest absolute Gasteiger partial charge is 0.303 e. The third-order valence-corrected chi connectivity index (χ3v) is 7.49. The zero-order chi connectivity index (χ0) is 28.9. The number of rotatable bonds is 7. The molecule has 0 aliphatic carbocycles. The number of halogens is 2. The standard InChI is InChI=1S/C30H24F2N6O3/c1-30(18-9-6-16(7-10-18)8-13-23(39)40)24-26(33)34-28(35-27(24)36-29(30)41)25-20-12-11-19(31)14-22(20)38(37-25)15-17-4-2-3-5-21(17)32/h2-7,9-12,14H,8,13,15H2,1H3,(H,39,40)(H3,33,34,35,36,41)/t30-/m0/s1. The van der Waals surface area contributed by atoms with Crippen molar-refractivity contribution < 1.29 is 23.5 Å². The first kappa shape index (κ1) is 26.1. The number of nitrogens with one attached hydrogen (secondary N) is 1. The lowest BCUT2D eigenvalue weighted by molar-refractivity contribution is -0.137. The van der Waals surface area contributed by atoms with Crippen molar-refractivity contribution in [1.29, 1.82) is 0 Å². The average Bonchev–Trinajstić information content (AvgIpc) is 3.43. The molecule has 1 aliphatic heterocycles. The van der Waals surface area contributed by atoms with Crippen LogP contribution in [0.1, 0.15) is 35.6 Å². The zero-order valence-corrected chi connectivity index (χ0v) is 21.9. The molecule has 1 aliphatic rings. The summed E-state index contributed by atoms with van der Waals surface area (Å²) in [7, 11) is 0. The number of carbonyl (C=O) groups is 2. The number of hydrogen-bond donors (Lipinski definition) is 3. The number of fused-ring (bicyclic) bond motifs is 2. The predicted octanol–water partition coefficient (Wildman–Crippen LogP) is 4.68. The Hall–Kier alpha value is -5.19. The highest BCUT2D eigenvalue weighted by Gasteiger charge is 2.47. The predicted molar refractivity (Wildman–Crippen MR) is 148 cm³/mol. The van der Waals surface area contributed by atoms with Crippen molar-refractivity contribution in [2.45, 2.75) is 31.7 Å². The molecule has 4 N–H and O–H groups in total. The molecule has 6 rings (SSSR count). The number of aliphatic carboxylic acids is 1. The number of nitrogens with two attached hydrogens (primary N) is 1. The number of anilines is 2. The number of aryl methyl sites for hydroxylation is 1. The maximum Gasteiger partial charge on any atom is 0.303 e. The van der Waals surface area contributed by atoms with Gasteiger partial charge in [0.15, 0.2) is 5.82 Å². The second-order valence-electron chi connectivity index (χ2n) is 10.1. The van der Waals surface area contributed by atoms with Crippen molar-refractivity contribution in [1.82, 2.24) is 19.7 Å². The van der Waals surface area contributed by atoms with Gasteiger partial charge in [0.05, 0.1) is 17.6 Å². The molecule has 0 spiro atoms. The van der Waals surface area contributed by atoms with Gasteiger partial charge in [-0.25, -0.2) is 18.7 Å². The van der Waals surface area contributed by atoms with Crippen molar-refractivity contribution in [2.24, 2.45) is 0 Å². The van der Waals surface area contributed by atoms with Crippen LogP contribution in [-0.2, 0) is 28.0 Å². The number of benzene rings is 3. The SMILES string of the molecule is C[C@@]1(c2ccc(CCC(=O)O)cc2)C(=O)Nc2nc(-c3nn(Cc4ccccc4F)c4cc(F)ccc34)nc(N)c21. The molecular formula is C30H24F2N6O3. The van der Waals surface area contributed by atoms with Crippen LogP contribution < -0.4 is 11.1 Å². The number of amides is 1. The molecule has 0 bridgehead atoms. The number of hydrogen-bond acceptors (Lipinski definition) is 6. The summed E-state index contributed by atoms with van der Waals surface area (Å²) in [6.07, 6.45) is 0.367. The summed E-state index contributed by atoms with van der Waals surface area (Å²) in [5.41, 5.74) is 8.24. The second kappa shape index (κ2) is 9.77. The van der Waals surface area contributed by atoms with Gasteiger partial charge >= 0.3 is 5.97 Å². The van der Waals surface area contributed by atoms with Gasteiger partial charge in [0, 0.05) is 17.4 Å². The summed E-state index contributed by atoms with van der Waals surface area (Å²) in [4.78, 5) is 33.4. The molecule has 2 aromatic heterocycles. The Morgan fingerprint density at radius 2 is 1.83 bits per heavy atom. The quantitative estimate of drug-likeness (QED) is 0.266. The van der Waals surface area contributed by atoms with Crippen molar-refractivity contribution in [3.63, 3.8) is 0 Å². The minimum atomic E-state index is -1.20. The molecule has 11 heteroatoms. The van der Waals surface area contributed by atoms with E-state index in [1.54, 1.807) is 55.5 Å². The van der Waals surface area contributed by atoms with E-state index in [1.807, 2.05) is 0 Å². The summed E-state index contributed by atoms with van der Waals surface area (Å²) in [5, 5.41) is 16.9. The molecular weight excluding hydrogens is 530 g/mol. The van der Waals surface area contributed by atoms with Crippen LogP contribution in [-0.4, -0.2) is 36.7 Å². The van der Waals surface area contributed by atoms with Gasteiger partial charge in [-0.3, -0.25) is 14.3 Å². The number of aromatic nitrogens is 4. The molecule has 5 aromatic rings. The molecule has 0 radical (unpaired) electrons. The molecule has 3 aromatic carbocycles. The van der Waals surface area contributed by atoms with Crippen LogP contribution in [0.4, 0.5) is 20.4 Å². The van der Waals surface area contributed by atoms with Crippen LogP contribution in [0.15, 0.2) is 66.7 Å². The van der Waals surface area contributed by atoms with Gasteiger partial charge in [0.25, 0.3) is 0 Å². The molecule has 1 amide bonds. The fourth-order valence-corrected chi connectivity index (χ4v) is 5.27. The van der Waals surface area contributed by atoms with Gasteiger partial charge in [0.2, 0.25) is 5.91 Å². The van der Waals surface area contributed by atoms with E-state index in [-0.39, 0.29) is 36.3 Å². The molecule has 41 heavy (non-hydrogen) atoms. The summed E-state index contributed by atoms with van der Waals surface area (Å²) in [5.74, 6) is -1.71. The Morgan fingerprint density at radius 3 is 2.56 bits per heavy atom. The first-order valence-corrected chi connectivity index (χ1v) is 12.9. The average molecular weight is 555 g/mol. The highest BCUT2D eigenvalue weighted by Crippen LogP contribution is 2.45. The van der Waals surface area contributed by atoms with Crippen LogP contribution in [0.25, 0.3) is 22.4 Å². The zero-order valence-electron chi connectivity index (χ0n) is 21.9. The van der Waals surface area contributed by atoms with Crippen LogP contribution in [0.5, 0.6) is 0 Å². The highest BCUT2D eigenvalue weighted by molar-refractivity contribution is 6.09. The Kier molecular flexibility index (Phi) is 6.21. The topological polar surface area (TPSA) is 136 Å². The van der Waals surface area contributed by atoms with E-state index in [9.17, 15) is 18.4 Å². The van der Waals surface area contributed by atoms with Gasteiger partial charge in [-0.05, 0) is 48.7 Å². The number of nitrogen functional groups attached to an aromatic ring is 1. The normalized spacial score (nSPS) is 16.1. The van der Waals surface area contributed by atoms with Crippen LogP contribution in [0, 0.1) is 11.6 Å². The molecule has 0 saturated heterocycles. The number of carboxylic acid groups (broad SMARTS) is 1. The van der Waals surface area contributed by atoms with Crippen LogP contribution >= 0.6 is 0 Å². The summed E-state index contributed by atoms with van der Waals surface area (Å²) < 4.78 is 30.1. The summed E-state index contributed by atoms with van der Waals surface area (Å²) in [6, 6.07) is 17.5. The molecule has 9 nitrogen and oxygen atoms in total. The van der Waals surface area contributed by atoms with Crippen molar-refractivity contribution >= 4 is 34.4 Å². The lowest BCUT2D eigenvalue weighted by atomic mass is 9.77. The third-order valence-electron chi connectivity index (χ3n) is 7.49. The van der Waals surface area contributed by atoms with E-state index < -0.39 is 23.0 Å². The summed E-state index contributed by atoms with van der Waals surface area (Å²) >= 11 is 0. The second-order valence-corrected chi connectivity index (χ2v) is 10.1. The van der Waals surface area contributed by atoms with E-state index in [2.05, 4.69) is 20.4 Å². The van der Waals surface area contributed by atoms with Crippen molar-refractivity contribution in [3.05, 3.63) is 101 Å². The van der Waals surface area contributed by atoms with Gasteiger partial charge in [-0.1, -0.05) is 42.5 Å². The fraction of sp³-hybridized carbons (Fsp3) is 0.167. The molecule has 1 atom stereocenters. The number of carbonyl (C=O) groups excluding carboxylic acids is 1. The van der Waals surface area contributed by atoms with Gasteiger partial charge in [-0.2, -0.15) is 5.10 Å². The lowest BCUT2D eigenvalue weighted by Crippen LogP contribution is -2.33. The minimum Gasteiger partial charge on any atom is -0.481 e. The Morgan fingerprint density at radius 1 is 1.07 bits per heavy atom. The number of nitrogens with zero attached hydrogens (tertiary/aromatic N) is 4. The highest BCUT2D eigenvalue weighted by atomic mass is 19.1. The number of carboxylic acids is 1. The van der Waals surface area contributed by atoms with E-state index in [1.165, 1.54) is 22.9 Å². The van der Waals surface area contributed by atoms with Gasteiger partial charge < -0.3 is 16.2 Å². The van der Waals surface area contributed by atoms with Crippen LogP contribution in [0.3, 0.4) is 0 Å². The van der Waals surface area contributed by atoms with E-state index in [0.29, 0.717) is 39.7 Å². The molecule has 3 heterocycles. The van der Waals surface area contributed by atoms with Crippen LogP contribution in [0.2, 0.25) is 0 Å². The maximum atomic E-state index is 14.4. The fourth-order valence-electron chi connectivity index (χ4n) is 5.27. The van der Waals surface area contributed by atoms with Gasteiger partial charge in [-0.15, -0.1) is 0 Å². The maximum absolute atomic E-state index is 14.4. The van der Waals surface area contributed by atoms with E-state index in [4.69, 9.17) is 10.8 Å². The van der Waals surface area contributed by atoms with Gasteiger partial charge in [0.1, 0.15) is 34.4 Å². The van der Waals surface area contributed by atoms with E-state index in [0.717, 1.165) is 5.56 Å². The molecule has 0 unspecified atom stereocenters. The Labute approximate surface area is 232 Å². The first-order valence-electron chi connectivity index (χ1n) is 12.9. The van der Waals surface area contributed by atoms with Crippen molar-refractivity contribution in [3.8, 4) is 11.5 Å². The Bertz CT molecular complexity index is 1850. The minimum absolute atomic E-state index is 0.000866.